The molecule has 1 aliphatic heterocycles. The number of aliphatic hydroxyl groups excluding tert-OH is 1. The summed E-state index contributed by atoms with van der Waals surface area (Å²) in [6.45, 7) is 4.38. The number of hydrogen-bond donors (Lipinski definition) is 4. The van der Waals surface area contributed by atoms with E-state index in [1.807, 2.05) is 25.1 Å². The van der Waals surface area contributed by atoms with Crippen LogP contribution in [-0.4, -0.2) is 54.4 Å². The van der Waals surface area contributed by atoms with Gasteiger partial charge in [0.2, 0.25) is 0 Å². The minimum Gasteiger partial charge on any atom is -0.490 e. The number of nitrogens with zero attached hydrogens (tertiary/aromatic N) is 2. The number of rotatable bonds is 12. The molecule has 0 fully saturated rings. The van der Waals surface area contributed by atoms with Crippen molar-refractivity contribution in [2.24, 2.45) is 5.10 Å². The maximum Gasteiger partial charge on any atom is 0.337 e. The smallest absolute Gasteiger partial charge is 0.337 e. The summed E-state index contributed by atoms with van der Waals surface area (Å²) in [5, 5.41) is 23.8. The Bertz CT molecular complexity index is 2030. The molecule has 0 spiro atoms. The topological polar surface area (TPSA) is 135 Å². The Balaban J connectivity index is 1.14. The predicted octanol–water partition coefficient (Wildman–Crippen LogP) is 5.36. The maximum atomic E-state index is 12.5. The van der Waals surface area contributed by atoms with Gasteiger partial charge in [-0.1, -0.05) is 66.7 Å². The van der Waals surface area contributed by atoms with Gasteiger partial charge >= 0.3 is 12.0 Å². The molecule has 0 bridgehead atoms. The number of nitrogens with one attached hydrogen (secondary N) is 3. The van der Waals surface area contributed by atoms with Gasteiger partial charge in [-0.3, -0.25) is 5.43 Å². The molecule has 246 valence electrons. The highest BCUT2D eigenvalue weighted by Gasteiger charge is 2.32. The third kappa shape index (κ3) is 6.81. The van der Waals surface area contributed by atoms with Crippen molar-refractivity contribution in [1.29, 1.82) is 0 Å². The minimum absolute atomic E-state index is 0.129. The number of methoxy groups -OCH3 is 1. The molecule has 2 amide bonds. The normalized spacial score (nSPS) is 15.3. The van der Waals surface area contributed by atoms with Gasteiger partial charge in [0, 0.05) is 34.9 Å². The first-order chi connectivity index (χ1) is 23.4. The molecule has 0 saturated heterocycles. The number of hydrazone groups is 1. The summed E-state index contributed by atoms with van der Waals surface area (Å²) in [5.74, 6) is 0.203. The van der Waals surface area contributed by atoms with Crippen LogP contribution in [0.4, 0.5) is 4.79 Å². The molecule has 0 aliphatic carbocycles. The van der Waals surface area contributed by atoms with E-state index in [1.165, 1.54) is 23.4 Å². The van der Waals surface area contributed by atoms with Gasteiger partial charge in [0.25, 0.3) is 0 Å². The fraction of sp³-hybridized carbons (Fsp3) is 0.216. The van der Waals surface area contributed by atoms with E-state index >= 15 is 0 Å². The number of aliphatic hydroxyl groups is 1. The monoisotopic (exact) mass is 647 g/mol. The van der Waals surface area contributed by atoms with Crippen molar-refractivity contribution in [1.82, 2.24) is 20.6 Å². The summed E-state index contributed by atoms with van der Waals surface area (Å²) in [7, 11) is 1.29. The lowest BCUT2D eigenvalue weighted by Gasteiger charge is -2.28. The van der Waals surface area contributed by atoms with Gasteiger partial charge in [0.15, 0.2) is 17.7 Å². The second-order valence-corrected chi connectivity index (χ2v) is 11.3. The van der Waals surface area contributed by atoms with Crippen LogP contribution < -0.4 is 25.5 Å². The summed E-state index contributed by atoms with van der Waals surface area (Å²) in [6, 6.07) is 26.8. The van der Waals surface area contributed by atoms with E-state index in [9.17, 15) is 14.7 Å². The Kier molecular flexibility index (Phi) is 9.58. The van der Waals surface area contributed by atoms with Crippen molar-refractivity contribution >= 4 is 39.9 Å². The van der Waals surface area contributed by atoms with Crippen molar-refractivity contribution in [3.05, 3.63) is 119 Å². The Hall–Kier alpha value is -5.81. The van der Waals surface area contributed by atoms with Gasteiger partial charge in [-0.15, -0.1) is 0 Å². The van der Waals surface area contributed by atoms with Crippen molar-refractivity contribution in [2.45, 2.75) is 32.7 Å². The Labute approximate surface area is 277 Å². The second-order valence-electron chi connectivity index (χ2n) is 11.3. The number of esters is 1. The number of fused-ring (bicyclic) bond motifs is 2. The van der Waals surface area contributed by atoms with Gasteiger partial charge in [-0.05, 0) is 53.9 Å². The average molecular weight is 648 g/mol. The van der Waals surface area contributed by atoms with E-state index in [4.69, 9.17) is 14.2 Å². The first kappa shape index (κ1) is 32.1. The van der Waals surface area contributed by atoms with Crippen LogP contribution in [0, 0.1) is 0 Å². The van der Waals surface area contributed by atoms with Crippen LogP contribution in [0.15, 0.2) is 107 Å². The standard InChI is InChI=1S/C37H37N5O6/c1-4-47-32-18-25(35-34(36(44)46-3)23(2)39-37(45)40-35)16-17-31(32)48-22-33(43)41-38-19-27-21-42(30-15-8-7-14-29(27)30)20-26-12-9-11-24-10-5-6-13-28(24)26/h5-19,21,33,35,41,43H,4,20,22H2,1-3H3,(H2,39,40,45)/b38-19+/t33-,35+/m0/s1. The van der Waals surface area contributed by atoms with Crippen molar-refractivity contribution < 1.29 is 28.9 Å². The maximum absolute atomic E-state index is 12.5. The number of hydrogen-bond acceptors (Lipinski definition) is 8. The number of allylic oxidation sites excluding steroid dienone is 1. The number of para-hydroxylation sites is 1. The van der Waals surface area contributed by atoms with Gasteiger partial charge in [0.05, 0.1) is 31.5 Å². The molecule has 0 radical (unpaired) electrons. The molecule has 0 unspecified atom stereocenters. The van der Waals surface area contributed by atoms with Gasteiger partial charge < -0.3 is 34.5 Å². The molecule has 4 aromatic carbocycles. The lowest BCUT2D eigenvalue weighted by Crippen LogP contribution is -2.45. The molecule has 4 N–H and O–H groups in total. The van der Waals surface area contributed by atoms with Crippen LogP contribution in [0.5, 0.6) is 11.5 Å². The zero-order valence-corrected chi connectivity index (χ0v) is 26.9. The highest BCUT2D eigenvalue weighted by Crippen LogP contribution is 2.35. The van der Waals surface area contributed by atoms with E-state index in [-0.39, 0.29) is 12.2 Å². The summed E-state index contributed by atoms with van der Waals surface area (Å²) in [6.07, 6.45) is 2.62. The number of carbonyl (C=O) groups is 2. The van der Waals surface area contributed by atoms with E-state index in [0.29, 0.717) is 35.9 Å². The molecule has 6 rings (SSSR count). The first-order valence-corrected chi connectivity index (χ1v) is 15.6. The zero-order valence-electron chi connectivity index (χ0n) is 26.9. The first-order valence-electron chi connectivity index (χ1n) is 15.6. The minimum atomic E-state index is -1.13. The summed E-state index contributed by atoms with van der Waals surface area (Å²) >= 11 is 0. The Morgan fingerprint density at radius 3 is 2.60 bits per heavy atom. The van der Waals surface area contributed by atoms with E-state index in [1.54, 1.807) is 31.3 Å². The third-order valence-electron chi connectivity index (χ3n) is 8.14. The molecule has 11 nitrogen and oxygen atoms in total. The van der Waals surface area contributed by atoms with Crippen LogP contribution in [0.3, 0.4) is 0 Å². The summed E-state index contributed by atoms with van der Waals surface area (Å²) in [5.41, 5.74) is 7.22. The van der Waals surface area contributed by atoms with Crippen LogP contribution in [0.25, 0.3) is 21.7 Å². The third-order valence-corrected chi connectivity index (χ3v) is 8.14. The second kappa shape index (κ2) is 14.3. The Morgan fingerprint density at radius 1 is 1.02 bits per heavy atom. The lowest BCUT2D eigenvalue weighted by atomic mass is 9.95. The predicted molar refractivity (Wildman–Crippen MR) is 184 cm³/mol. The SMILES string of the molecule is CCOc1cc([C@H]2NC(=O)NC(C)=C2C(=O)OC)ccc1OC[C@H](O)N/N=C/c1cn(Cc2cccc3ccccc23)c2ccccc12. The van der Waals surface area contributed by atoms with Gasteiger partial charge in [0.1, 0.15) is 6.61 Å². The molecule has 1 aliphatic rings. The highest BCUT2D eigenvalue weighted by molar-refractivity contribution is 5.99. The van der Waals surface area contributed by atoms with E-state index in [2.05, 4.69) is 80.5 Å². The molecule has 2 atom stereocenters. The van der Waals surface area contributed by atoms with Crippen LogP contribution in [0.2, 0.25) is 0 Å². The molecule has 1 aromatic heterocycles. The van der Waals surface area contributed by atoms with Gasteiger partial charge in [-0.2, -0.15) is 5.10 Å². The molecule has 48 heavy (non-hydrogen) atoms. The molecule has 2 heterocycles. The molecule has 11 heteroatoms. The zero-order chi connectivity index (χ0) is 33.6. The number of benzene rings is 4. The number of aromatic nitrogens is 1. The number of carbonyl (C=O) groups excluding carboxylic acids is 2. The van der Waals surface area contributed by atoms with Crippen molar-refractivity contribution in [2.75, 3.05) is 20.3 Å². The molecule has 5 aromatic rings. The van der Waals surface area contributed by atoms with E-state index < -0.39 is 24.3 Å². The van der Waals surface area contributed by atoms with Crippen LogP contribution in [0.1, 0.15) is 36.6 Å². The van der Waals surface area contributed by atoms with E-state index in [0.717, 1.165) is 16.5 Å². The van der Waals surface area contributed by atoms with Crippen LogP contribution >= 0.6 is 0 Å². The van der Waals surface area contributed by atoms with Crippen molar-refractivity contribution in [3.8, 4) is 11.5 Å². The summed E-state index contributed by atoms with van der Waals surface area (Å²) in [4.78, 5) is 24.7. The average Bonchev–Trinajstić information content (AvgIpc) is 3.44. The largest absolute Gasteiger partial charge is 0.490 e. The van der Waals surface area contributed by atoms with Crippen molar-refractivity contribution in [3.63, 3.8) is 0 Å². The van der Waals surface area contributed by atoms with Gasteiger partial charge in [-0.25, -0.2) is 9.59 Å². The highest BCUT2D eigenvalue weighted by atomic mass is 16.5. The number of amides is 2. The molecular formula is C37H37N5O6. The summed E-state index contributed by atoms with van der Waals surface area (Å²) < 4.78 is 18.8. The molecular weight excluding hydrogens is 610 g/mol. The Morgan fingerprint density at radius 2 is 1.79 bits per heavy atom. The number of ether oxygens (including phenoxy) is 3. The fourth-order valence-corrected chi connectivity index (χ4v) is 5.94. The fourth-order valence-electron chi connectivity index (χ4n) is 5.94. The quantitative estimate of drug-likeness (QED) is 0.0620. The van der Waals surface area contributed by atoms with Crippen LogP contribution in [-0.2, 0) is 16.1 Å². The molecule has 0 saturated carbocycles. The lowest BCUT2D eigenvalue weighted by molar-refractivity contribution is -0.136. The number of urea groups is 1.